The van der Waals surface area contributed by atoms with Gasteiger partial charge in [0.15, 0.2) is 0 Å². The van der Waals surface area contributed by atoms with E-state index in [1.165, 1.54) is 12.1 Å². The Morgan fingerprint density at radius 1 is 1.06 bits per heavy atom. The van der Waals surface area contributed by atoms with Crippen LogP contribution in [-0.2, 0) is 13.2 Å². The summed E-state index contributed by atoms with van der Waals surface area (Å²) in [5.41, 5.74) is 1.78. The highest BCUT2D eigenvalue weighted by Gasteiger charge is 2.30. The van der Waals surface area contributed by atoms with E-state index in [9.17, 15) is 23.2 Å². The van der Waals surface area contributed by atoms with Gasteiger partial charge in [0.2, 0.25) is 0 Å². The normalized spacial score (nSPS) is 11.3. The molecule has 156 valence electrons. The van der Waals surface area contributed by atoms with E-state index in [2.05, 4.69) is 21.8 Å². The lowest BCUT2D eigenvalue weighted by Crippen LogP contribution is -2.19. The quantitative estimate of drug-likeness (QED) is 0.490. The largest absolute Gasteiger partial charge is 0.416 e. The number of anilines is 2. The summed E-state index contributed by atoms with van der Waals surface area (Å²) in [7, 11) is 1.78. The van der Waals surface area contributed by atoms with E-state index in [-0.39, 0.29) is 5.69 Å². The number of aryl methyl sites for hydroxylation is 1. The SMILES string of the molecule is Cn1cc(-n2cc(C#N)c3ccc(NC(=O)Nc4ccc(C(F)(F)F)cc4)cc32)cn1. The number of alkyl halides is 3. The number of rotatable bonds is 3. The first-order valence-corrected chi connectivity index (χ1v) is 9.04. The third-order valence-corrected chi connectivity index (χ3v) is 4.62. The maximum Gasteiger partial charge on any atom is 0.416 e. The van der Waals surface area contributed by atoms with Crippen LogP contribution < -0.4 is 10.6 Å². The van der Waals surface area contributed by atoms with Crippen molar-refractivity contribution in [3.05, 3.63) is 72.2 Å². The maximum absolute atomic E-state index is 12.7. The van der Waals surface area contributed by atoms with Crippen LogP contribution in [0.4, 0.5) is 29.3 Å². The Hall–Kier alpha value is -4.26. The number of nitriles is 1. The number of carbonyl (C=O) groups is 1. The zero-order valence-electron chi connectivity index (χ0n) is 16.1. The molecule has 0 unspecified atom stereocenters. The first kappa shape index (κ1) is 20.0. The van der Waals surface area contributed by atoms with E-state index < -0.39 is 17.8 Å². The Morgan fingerprint density at radius 2 is 1.74 bits per heavy atom. The smallest absolute Gasteiger partial charge is 0.312 e. The molecular formula is C21H15F3N6O. The molecule has 0 aliphatic carbocycles. The molecule has 31 heavy (non-hydrogen) atoms. The highest BCUT2D eigenvalue weighted by atomic mass is 19.4. The molecule has 7 nitrogen and oxygen atoms in total. The minimum absolute atomic E-state index is 0.220. The zero-order chi connectivity index (χ0) is 22.2. The number of carbonyl (C=O) groups excluding carboxylic acids is 1. The highest BCUT2D eigenvalue weighted by Crippen LogP contribution is 2.30. The van der Waals surface area contributed by atoms with Crippen molar-refractivity contribution in [1.82, 2.24) is 14.3 Å². The van der Waals surface area contributed by atoms with E-state index in [1.807, 2.05) is 0 Å². The van der Waals surface area contributed by atoms with Gasteiger partial charge in [-0.2, -0.15) is 23.5 Å². The van der Waals surface area contributed by atoms with Crippen LogP contribution in [0.5, 0.6) is 0 Å². The summed E-state index contributed by atoms with van der Waals surface area (Å²) in [5.74, 6) is 0. The van der Waals surface area contributed by atoms with Crippen LogP contribution in [0.25, 0.3) is 16.6 Å². The molecule has 0 aliphatic rings. The van der Waals surface area contributed by atoms with Crippen LogP contribution in [0.1, 0.15) is 11.1 Å². The van der Waals surface area contributed by atoms with Crippen molar-refractivity contribution in [1.29, 1.82) is 5.26 Å². The fourth-order valence-corrected chi connectivity index (χ4v) is 3.18. The molecule has 0 spiro atoms. The molecule has 0 saturated carbocycles. The molecule has 2 amide bonds. The van der Waals surface area contributed by atoms with Crippen LogP contribution in [0.15, 0.2) is 61.1 Å². The minimum atomic E-state index is -4.44. The predicted octanol–water partition coefficient (Wildman–Crippen LogP) is 4.90. The number of benzene rings is 2. The van der Waals surface area contributed by atoms with Gasteiger partial charge in [0.05, 0.1) is 28.5 Å². The molecule has 10 heteroatoms. The van der Waals surface area contributed by atoms with Gasteiger partial charge in [-0.3, -0.25) is 4.68 Å². The number of hydrogen-bond acceptors (Lipinski definition) is 3. The Kier molecular flexibility index (Phi) is 4.87. The lowest BCUT2D eigenvalue weighted by Gasteiger charge is -2.10. The summed E-state index contributed by atoms with van der Waals surface area (Å²) in [6.07, 6.45) is 0.686. The van der Waals surface area contributed by atoms with Crippen molar-refractivity contribution in [2.75, 3.05) is 10.6 Å². The number of amides is 2. The summed E-state index contributed by atoms with van der Waals surface area (Å²) in [5, 5.41) is 19.4. The van der Waals surface area contributed by atoms with Crippen molar-refractivity contribution in [3.8, 4) is 11.8 Å². The van der Waals surface area contributed by atoms with Gasteiger partial charge >= 0.3 is 12.2 Å². The molecule has 4 aromatic rings. The molecule has 0 fully saturated rings. The average Bonchev–Trinajstić information content (AvgIpc) is 3.30. The van der Waals surface area contributed by atoms with Gasteiger partial charge in [-0.05, 0) is 42.5 Å². The second kappa shape index (κ2) is 7.53. The van der Waals surface area contributed by atoms with E-state index >= 15 is 0 Å². The molecule has 0 aliphatic heterocycles. The van der Waals surface area contributed by atoms with Gasteiger partial charge in [0, 0.05) is 36.2 Å². The molecule has 2 aromatic carbocycles. The topological polar surface area (TPSA) is 87.7 Å². The van der Waals surface area contributed by atoms with Crippen LogP contribution in [-0.4, -0.2) is 20.4 Å². The summed E-state index contributed by atoms with van der Waals surface area (Å²) in [4.78, 5) is 12.3. The maximum atomic E-state index is 12.7. The number of hydrogen-bond donors (Lipinski definition) is 2. The number of aromatic nitrogens is 3. The molecule has 2 N–H and O–H groups in total. The van der Waals surface area contributed by atoms with Gasteiger partial charge in [-0.25, -0.2) is 4.79 Å². The molecule has 0 bridgehead atoms. The summed E-state index contributed by atoms with van der Waals surface area (Å²) >= 11 is 0. The summed E-state index contributed by atoms with van der Waals surface area (Å²) < 4.78 is 41.4. The predicted molar refractivity (Wildman–Crippen MR) is 109 cm³/mol. The molecule has 2 heterocycles. The van der Waals surface area contributed by atoms with Crippen molar-refractivity contribution in [2.45, 2.75) is 6.18 Å². The zero-order valence-corrected chi connectivity index (χ0v) is 16.1. The average molecular weight is 424 g/mol. The number of nitrogens with one attached hydrogen (secondary N) is 2. The van der Waals surface area contributed by atoms with Crippen LogP contribution >= 0.6 is 0 Å². The third-order valence-electron chi connectivity index (χ3n) is 4.62. The second-order valence-corrected chi connectivity index (χ2v) is 6.78. The van der Waals surface area contributed by atoms with Crippen LogP contribution in [0.2, 0.25) is 0 Å². The molecule has 0 radical (unpaired) electrons. The van der Waals surface area contributed by atoms with Gasteiger partial charge in [-0.1, -0.05) is 0 Å². The van der Waals surface area contributed by atoms with Crippen molar-refractivity contribution >= 4 is 28.3 Å². The van der Waals surface area contributed by atoms with E-state index in [0.29, 0.717) is 22.2 Å². The number of fused-ring (bicyclic) bond motifs is 1. The van der Waals surface area contributed by atoms with Gasteiger partial charge in [-0.15, -0.1) is 0 Å². The Labute approximate surface area is 174 Å². The lowest BCUT2D eigenvalue weighted by atomic mass is 10.2. The van der Waals surface area contributed by atoms with Crippen molar-refractivity contribution in [2.24, 2.45) is 7.05 Å². The highest BCUT2D eigenvalue weighted by molar-refractivity contribution is 6.01. The molecule has 0 atom stereocenters. The minimum Gasteiger partial charge on any atom is -0.312 e. The first-order valence-electron chi connectivity index (χ1n) is 9.04. The number of halogens is 3. The van der Waals surface area contributed by atoms with E-state index in [1.54, 1.807) is 53.1 Å². The third kappa shape index (κ3) is 4.06. The van der Waals surface area contributed by atoms with Crippen LogP contribution in [0, 0.1) is 11.3 Å². The molecule has 2 aromatic heterocycles. The molecular weight excluding hydrogens is 409 g/mol. The van der Waals surface area contributed by atoms with E-state index in [4.69, 9.17) is 0 Å². The summed E-state index contributed by atoms with van der Waals surface area (Å²) in [6.45, 7) is 0. The molecule has 4 rings (SSSR count). The number of nitrogens with zero attached hydrogens (tertiary/aromatic N) is 4. The standard InChI is InChI=1S/C21H15F3N6O/c1-29-12-17(10-26-29)30-11-13(9-25)18-7-6-16(8-19(18)30)28-20(31)27-15-4-2-14(3-5-15)21(22,23)24/h2-8,10-12H,1H3,(H2,27,28,31). The van der Waals surface area contributed by atoms with E-state index in [0.717, 1.165) is 17.8 Å². The monoisotopic (exact) mass is 424 g/mol. The fraction of sp³-hybridized carbons (Fsp3) is 0.0952. The van der Waals surface area contributed by atoms with Crippen molar-refractivity contribution < 1.29 is 18.0 Å². The first-order chi connectivity index (χ1) is 14.7. The Morgan fingerprint density at radius 3 is 2.35 bits per heavy atom. The number of urea groups is 1. The molecule has 0 saturated heterocycles. The van der Waals surface area contributed by atoms with Crippen molar-refractivity contribution in [3.63, 3.8) is 0 Å². The Bertz CT molecular complexity index is 1310. The Balaban J connectivity index is 1.57. The second-order valence-electron chi connectivity index (χ2n) is 6.78. The summed E-state index contributed by atoms with van der Waals surface area (Å²) in [6, 6.07) is 10.7. The van der Waals surface area contributed by atoms with Gasteiger partial charge in [0.1, 0.15) is 6.07 Å². The lowest BCUT2D eigenvalue weighted by molar-refractivity contribution is -0.137. The fourth-order valence-electron chi connectivity index (χ4n) is 3.18. The van der Waals surface area contributed by atoms with Gasteiger partial charge < -0.3 is 15.2 Å². The van der Waals surface area contributed by atoms with Crippen LogP contribution in [0.3, 0.4) is 0 Å². The van der Waals surface area contributed by atoms with Gasteiger partial charge in [0.25, 0.3) is 0 Å².